The first-order chi connectivity index (χ1) is 31.2. The van der Waals surface area contributed by atoms with Gasteiger partial charge in [0.15, 0.2) is 0 Å². The summed E-state index contributed by atoms with van der Waals surface area (Å²) in [4.78, 5) is 131. The number of amides is 9. The van der Waals surface area contributed by atoms with Gasteiger partial charge in [-0.2, -0.15) is 0 Å². The number of H-pyrrole nitrogens is 2. The predicted molar refractivity (Wildman–Crippen MR) is 236 cm³/mol. The molecule has 0 aliphatic carbocycles. The normalized spacial score (nSPS) is 20.2. The van der Waals surface area contributed by atoms with Gasteiger partial charge in [0.2, 0.25) is 53.2 Å². The van der Waals surface area contributed by atoms with E-state index in [4.69, 9.17) is 5.73 Å². The van der Waals surface area contributed by atoms with Crippen LogP contribution in [0.1, 0.15) is 75.2 Å². The van der Waals surface area contributed by atoms with Crippen molar-refractivity contribution in [2.45, 2.75) is 101 Å². The Bertz CT molecular complexity index is 2320. The molecule has 4 aromatic rings. The largest absolute Gasteiger partial charge is 0.368 e. The van der Waals surface area contributed by atoms with Crippen LogP contribution in [0.25, 0.3) is 10.9 Å². The minimum atomic E-state index is -1.41. The van der Waals surface area contributed by atoms with Crippen LogP contribution >= 0.6 is 0 Å². The number of fused-ring (bicyclic) bond motifs is 1. The Labute approximate surface area is 374 Å². The highest BCUT2D eigenvalue weighted by atomic mass is 16.2. The molecule has 9 amide bonds. The predicted octanol–water partition coefficient (Wildman–Crippen LogP) is -0.931. The van der Waals surface area contributed by atoms with E-state index < -0.39 is 96.0 Å². The Hall–Kier alpha value is -7.58. The third kappa shape index (κ3) is 14.5. The minimum Gasteiger partial charge on any atom is -0.368 e. The van der Waals surface area contributed by atoms with Crippen LogP contribution in [0.4, 0.5) is 0 Å². The van der Waals surface area contributed by atoms with Crippen molar-refractivity contribution in [2.24, 2.45) is 5.73 Å². The van der Waals surface area contributed by atoms with Gasteiger partial charge in [-0.05, 0) is 36.5 Å². The first-order valence-corrected chi connectivity index (χ1v) is 21.4. The number of imidazole rings is 1. The minimum absolute atomic E-state index is 0.0170. The van der Waals surface area contributed by atoms with Gasteiger partial charge in [-0.1, -0.05) is 68.3 Å². The van der Waals surface area contributed by atoms with Crippen molar-refractivity contribution >= 4 is 64.1 Å². The number of hydrogen-bond donors (Lipinski definition) is 11. The van der Waals surface area contributed by atoms with Crippen LogP contribution in [0, 0.1) is 0 Å². The topological polar surface area (TPSA) is 320 Å². The molecular weight excluding hydrogens is 841 g/mol. The van der Waals surface area contributed by atoms with Gasteiger partial charge in [0.05, 0.1) is 18.6 Å². The number of benzene rings is 2. The monoisotopic (exact) mass is 896 g/mol. The van der Waals surface area contributed by atoms with E-state index in [-0.39, 0.29) is 45.1 Å². The van der Waals surface area contributed by atoms with Gasteiger partial charge in [0.25, 0.3) is 0 Å². The molecule has 5 rings (SSSR count). The summed E-state index contributed by atoms with van der Waals surface area (Å²) in [5, 5.41) is 21.7. The first kappa shape index (κ1) is 48.5. The summed E-state index contributed by atoms with van der Waals surface area (Å²) in [5.41, 5.74) is 7.93. The number of hydrogen-bond acceptors (Lipinski definition) is 10. The molecule has 1 saturated heterocycles. The zero-order valence-electron chi connectivity index (χ0n) is 36.2. The Morgan fingerprint density at radius 2 is 1.58 bits per heavy atom. The van der Waals surface area contributed by atoms with Crippen LogP contribution in [0.15, 0.2) is 73.3 Å². The molecule has 346 valence electrons. The quantitative estimate of drug-likeness (QED) is 0.0739. The summed E-state index contributed by atoms with van der Waals surface area (Å²) in [6.45, 7) is 2.32. The fraction of sp³-hybridized carbons (Fsp3) is 0.409. The lowest BCUT2D eigenvalue weighted by Gasteiger charge is -2.26. The molecule has 0 radical (unpaired) electrons. The molecule has 65 heavy (non-hydrogen) atoms. The van der Waals surface area contributed by atoms with E-state index in [1.165, 1.54) is 19.4 Å². The molecule has 6 atom stereocenters. The van der Waals surface area contributed by atoms with Crippen LogP contribution in [0.3, 0.4) is 0 Å². The summed E-state index contributed by atoms with van der Waals surface area (Å²) in [6.07, 6.45) is 5.18. The molecule has 0 bridgehead atoms. The molecule has 1 aliphatic rings. The first-order valence-electron chi connectivity index (χ1n) is 21.4. The highest BCUT2D eigenvalue weighted by Gasteiger charge is 2.33. The molecule has 1 fully saturated rings. The van der Waals surface area contributed by atoms with Gasteiger partial charge in [-0.15, -0.1) is 0 Å². The van der Waals surface area contributed by atoms with E-state index in [0.717, 1.165) is 10.9 Å². The Morgan fingerprint density at radius 1 is 0.831 bits per heavy atom. The van der Waals surface area contributed by atoms with Crippen molar-refractivity contribution in [3.05, 3.63) is 90.1 Å². The molecule has 3 heterocycles. The molecule has 2 aromatic heterocycles. The summed E-state index contributed by atoms with van der Waals surface area (Å²) in [6, 6.07) is 7.72. The van der Waals surface area contributed by atoms with Crippen LogP contribution in [-0.4, -0.2) is 111 Å². The number of para-hydroxylation sites is 1. The van der Waals surface area contributed by atoms with E-state index in [1.807, 2.05) is 31.2 Å². The number of carbonyl (C=O) groups excluding carboxylic acids is 9. The second kappa shape index (κ2) is 23.7. The van der Waals surface area contributed by atoms with Crippen molar-refractivity contribution in [3.63, 3.8) is 0 Å². The van der Waals surface area contributed by atoms with Crippen molar-refractivity contribution in [3.8, 4) is 0 Å². The van der Waals surface area contributed by atoms with Crippen molar-refractivity contribution in [2.75, 3.05) is 13.1 Å². The van der Waals surface area contributed by atoms with Gasteiger partial charge in [-0.3, -0.25) is 43.2 Å². The number of aromatic amines is 2. The fourth-order valence-electron chi connectivity index (χ4n) is 7.26. The molecule has 0 spiro atoms. The lowest BCUT2D eigenvalue weighted by molar-refractivity contribution is -0.135. The zero-order chi connectivity index (χ0) is 46.9. The number of aromatic nitrogens is 3. The molecular formula is C44H56N12O9. The number of nitrogens with two attached hydrogens (primary N) is 1. The lowest BCUT2D eigenvalue weighted by Crippen LogP contribution is -2.58. The van der Waals surface area contributed by atoms with Gasteiger partial charge in [-0.25, -0.2) is 4.98 Å². The smallest absolute Gasteiger partial charge is 0.247 e. The van der Waals surface area contributed by atoms with Crippen molar-refractivity contribution in [1.29, 1.82) is 0 Å². The Balaban J connectivity index is 1.43. The van der Waals surface area contributed by atoms with E-state index in [2.05, 4.69) is 57.5 Å². The molecule has 0 saturated carbocycles. The maximum atomic E-state index is 14.2. The number of nitrogens with one attached hydrogen (secondary N) is 10. The molecule has 2 aromatic carbocycles. The highest BCUT2D eigenvalue weighted by Crippen LogP contribution is 2.19. The number of nitrogens with zero attached hydrogens (tertiary/aromatic N) is 1. The number of rotatable bonds is 14. The summed E-state index contributed by atoms with van der Waals surface area (Å²) in [5.74, 6) is -6.71. The third-order valence-electron chi connectivity index (χ3n) is 10.7. The zero-order valence-corrected chi connectivity index (χ0v) is 36.2. The van der Waals surface area contributed by atoms with Crippen LogP contribution in [-0.2, 0) is 56.0 Å². The maximum absolute atomic E-state index is 14.2. The average molecular weight is 897 g/mol. The van der Waals surface area contributed by atoms with E-state index >= 15 is 0 Å². The van der Waals surface area contributed by atoms with E-state index in [9.17, 15) is 43.2 Å². The van der Waals surface area contributed by atoms with Crippen molar-refractivity contribution in [1.82, 2.24) is 57.5 Å². The fourth-order valence-corrected chi connectivity index (χ4v) is 7.26. The second-order valence-corrected chi connectivity index (χ2v) is 15.7. The molecule has 1 unspecified atom stereocenters. The SMILES string of the molecule is CCCC[C@H](NC(C)=O)C(=O)N[C@H]1CCC(=O)NCC[C@@H](C(=O)N[C@@H](Cc2c[nH]c3ccccc23)C(N)=O)NC(=O)CNC(=O)C(c2ccccc2)NC(=O)[C@H](Cc2c[nH]cn2)NC1=O. The van der Waals surface area contributed by atoms with Gasteiger partial charge < -0.3 is 58.2 Å². The van der Waals surface area contributed by atoms with Crippen LogP contribution in [0.2, 0.25) is 0 Å². The lowest BCUT2D eigenvalue weighted by atomic mass is 10.0. The van der Waals surface area contributed by atoms with Gasteiger partial charge >= 0.3 is 0 Å². The maximum Gasteiger partial charge on any atom is 0.247 e. The number of carbonyl (C=O) groups is 9. The van der Waals surface area contributed by atoms with Crippen molar-refractivity contribution < 1.29 is 43.2 Å². The Kier molecular flexibility index (Phi) is 17.7. The van der Waals surface area contributed by atoms with Gasteiger partial charge in [0.1, 0.15) is 36.3 Å². The van der Waals surface area contributed by atoms with E-state index in [1.54, 1.807) is 36.5 Å². The highest BCUT2D eigenvalue weighted by molar-refractivity contribution is 5.97. The molecule has 21 heteroatoms. The summed E-state index contributed by atoms with van der Waals surface area (Å²) >= 11 is 0. The molecule has 1 aliphatic heterocycles. The van der Waals surface area contributed by atoms with Crippen LogP contribution in [0.5, 0.6) is 0 Å². The Morgan fingerprint density at radius 3 is 2.29 bits per heavy atom. The number of unbranched alkanes of at least 4 members (excludes halogenated alkanes) is 1. The number of primary amides is 1. The van der Waals surface area contributed by atoms with Gasteiger partial charge in [0, 0.05) is 56.0 Å². The average Bonchev–Trinajstić information content (AvgIpc) is 3.96. The summed E-state index contributed by atoms with van der Waals surface area (Å²) in [7, 11) is 0. The summed E-state index contributed by atoms with van der Waals surface area (Å²) < 4.78 is 0. The third-order valence-corrected chi connectivity index (χ3v) is 10.7. The van der Waals surface area contributed by atoms with Crippen LogP contribution < -0.4 is 48.3 Å². The molecule has 12 N–H and O–H groups in total. The second-order valence-electron chi connectivity index (χ2n) is 15.7. The standard InChI is InChI=1S/C44H56N12O9/c1-3-4-13-31(51-25(2)57)40(61)53-32-15-16-36(58)47-18-17-33(42(63)54-34(39(45)60)19-27-21-48-30-14-9-8-12-29(27)30)52-37(59)23-49-44(65)38(26-10-6-5-7-11-26)56-43(64)35(55-41(32)62)20-28-22-46-24-50-28/h5-12,14,21-22,24,31-35,38,48H,3-4,13,15-20,23H2,1-2H3,(H2,45,60)(H,46,50)(H,47,58)(H,49,65)(H,51,57)(H,52,59)(H,53,61)(H,54,63)(H,55,62)(H,56,64)/t31-,32-,33-,34-,35-,38?/m0/s1. The molecule has 21 nitrogen and oxygen atoms in total. The van der Waals surface area contributed by atoms with E-state index in [0.29, 0.717) is 29.7 Å².